The SMILES string of the molecule is COc1ccc2[nH]cc(C(C(=O)O)N3CCN(c4ccccn4)CC3)c2c1. The first kappa shape index (κ1) is 17.4. The van der Waals surface area contributed by atoms with Gasteiger partial charge in [0.15, 0.2) is 0 Å². The second-order valence-corrected chi connectivity index (χ2v) is 6.61. The van der Waals surface area contributed by atoms with Gasteiger partial charge in [-0.15, -0.1) is 0 Å². The second-order valence-electron chi connectivity index (χ2n) is 6.61. The molecular weight excluding hydrogens is 344 g/mol. The van der Waals surface area contributed by atoms with Crippen molar-refractivity contribution in [2.24, 2.45) is 0 Å². The molecule has 27 heavy (non-hydrogen) atoms. The number of hydrogen-bond donors (Lipinski definition) is 2. The number of pyridine rings is 1. The number of carbonyl (C=O) groups is 1. The summed E-state index contributed by atoms with van der Waals surface area (Å²) in [6.45, 7) is 2.80. The topological polar surface area (TPSA) is 81.7 Å². The standard InChI is InChI=1S/C20H22N4O3/c1-27-14-5-6-17-15(12-14)16(13-22-17)19(20(25)26)24-10-8-23(9-11-24)18-4-2-3-7-21-18/h2-7,12-13,19,22H,8-11H2,1H3,(H,25,26). The quantitative estimate of drug-likeness (QED) is 0.722. The zero-order valence-electron chi connectivity index (χ0n) is 15.1. The fourth-order valence-corrected chi connectivity index (χ4v) is 3.71. The van der Waals surface area contributed by atoms with Crippen LogP contribution in [0.3, 0.4) is 0 Å². The number of hydrogen-bond acceptors (Lipinski definition) is 5. The van der Waals surface area contributed by atoms with E-state index in [1.165, 1.54) is 0 Å². The van der Waals surface area contributed by atoms with E-state index >= 15 is 0 Å². The van der Waals surface area contributed by atoms with Gasteiger partial charge < -0.3 is 19.7 Å². The van der Waals surface area contributed by atoms with E-state index in [4.69, 9.17) is 4.74 Å². The lowest BCUT2D eigenvalue weighted by molar-refractivity contribution is -0.143. The third-order valence-electron chi connectivity index (χ3n) is 5.10. The van der Waals surface area contributed by atoms with E-state index in [9.17, 15) is 9.90 Å². The number of aliphatic carboxylic acids is 1. The van der Waals surface area contributed by atoms with Crippen molar-refractivity contribution in [3.05, 3.63) is 54.4 Å². The third-order valence-corrected chi connectivity index (χ3v) is 5.10. The Labute approximate surface area is 157 Å². The Morgan fingerprint density at radius 3 is 2.70 bits per heavy atom. The predicted octanol–water partition coefficient (Wildman–Crippen LogP) is 2.52. The van der Waals surface area contributed by atoms with E-state index in [1.54, 1.807) is 19.5 Å². The zero-order chi connectivity index (χ0) is 18.8. The van der Waals surface area contributed by atoms with Crippen molar-refractivity contribution in [2.45, 2.75) is 6.04 Å². The molecule has 0 bridgehead atoms. The van der Waals surface area contributed by atoms with Gasteiger partial charge in [0.25, 0.3) is 0 Å². The van der Waals surface area contributed by atoms with Gasteiger partial charge in [0.05, 0.1) is 7.11 Å². The maximum Gasteiger partial charge on any atom is 0.325 e. The second kappa shape index (κ2) is 7.28. The number of aromatic nitrogens is 2. The van der Waals surface area contributed by atoms with Crippen molar-refractivity contribution < 1.29 is 14.6 Å². The summed E-state index contributed by atoms with van der Waals surface area (Å²) in [6.07, 6.45) is 3.58. The number of methoxy groups -OCH3 is 1. The number of H-pyrrole nitrogens is 1. The van der Waals surface area contributed by atoms with E-state index in [2.05, 4.69) is 14.9 Å². The number of benzene rings is 1. The van der Waals surface area contributed by atoms with Crippen LogP contribution in [0.25, 0.3) is 10.9 Å². The summed E-state index contributed by atoms with van der Waals surface area (Å²) in [5.41, 5.74) is 1.67. The summed E-state index contributed by atoms with van der Waals surface area (Å²) in [5.74, 6) is 0.804. The average Bonchev–Trinajstić information content (AvgIpc) is 3.12. The van der Waals surface area contributed by atoms with Gasteiger partial charge in [0.2, 0.25) is 0 Å². The van der Waals surface area contributed by atoms with E-state index in [0.717, 1.165) is 35.4 Å². The fourth-order valence-electron chi connectivity index (χ4n) is 3.71. The van der Waals surface area contributed by atoms with Crippen molar-refractivity contribution >= 4 is 22.7 Å². The van der Waals surface area contributed by atoms with Gasteiger partial charge in [-0.25, -0.2) is 4.98 Å². The summed E-state index contributed by atoms with van der Waals surface area (Å²) in [4.78, 5) is 23.9. The Morgan fingerprint density at radius 2 is 2.04 bits per heavy atom. The summed E-state index contributed by atoms with van der Waals surface area (Å²) in [6, 6.07) is 10.8. The number of aromatic amines is 1. The van der Waals surface area contributed by atoms with Gasteiger partial charge in [-0.05, 0) is 30.3 Å². The Bertz CT molecular complexity index is 933. The van der Waals surface area contributed by atoms with Gasteiger partial charge in [0.1, 0.15) is 17.6 Å². The number of ether oxygens (including phenoxy) is 1. The number of carboxylic acids is 1. The highest BCUT2D eigenvalue weighted by Gasteiger charge is 2.32. The van der Waals surface area contributed by atoms with Crippen molar-refractivity contribution in [3.63, 3.8) is 0 Å². The Kier molecular flexibility index (Phi) is 4.68. The van der Waals surface area contributed by atoms with E-state index in [0.29, 0.717) is 18.8 Å². The molecule has 0 saturated carbocycles. The third kappa shape index (κ3) is 3.33. The normalized spacial score (nSPS) is 16.4. The summed E-state index contributed by atoms with van der Waals surface area (Å²) >= 11 is 0. The summed E-state index contributed by atoms with van der Waals surface area (Å²) in [5, 5.41) is 10.8. The Balaban J connectivity index is 1.58. The molecule has 1 unspecified atom stereocenters. The number of rotatable bonds is 5. The van der Waals surface area contributed by atoms with E-state index in [-0.39, 0.29) is 0 Å². The molecule has 7 nitrogen and oxygen atoms in total. The number of fused-ring (bicyclic) bond motifs is 1. The van der Waals surface area contributed by atoms with Gasteiger partial charge in [-0.2, -0.15) is 0 Å². The van der Waals surface area contributed by atoms with Crippen LogP contribution in [0.2, 0.25) is 0 Å². The molecule has 1 fully saturated rings. The van der Waals surface area contributed by atoms with Crippen LogP contribution in [0.1, 0.15) is 11.6 Å². The molecule has 3 aromatic rings. The minimum absolute atomic E-state index is 0.657. The molecule has 2 aromatic heterocycles. The number of piperazine rings is 1. The highest BCUT2D eigenvalue weighted by atomic mass is 16.5. The number of nitrogens with one attached hydrogen (secondary N) is 1. The van der Waals surface area contributed by atoms with E-state index < -0.39 is 12.0 Å². The minimum atomic E-state index is -0.843. The first-order valence-electron chi connectivity index (χ1n) is 8.95. The molecule has 0 amide bonds. The summed E-state index contributed by atoms with van der Waals surface area (Å²) < 4.78 is 5.31. The van der Waals surface area contributed by atoms with Crippen LogP contribution in [0.5, 0.6) is 5.75 Å². The maximum absolute atomic E-state index is 12.1. The van der Waals surface area contributed by atoms with Crippen LogP contribution in [0.15, 0.2) is 48.8 Å². The monoisotopic (exact) mass is 366 g/mol. The smallest absolute Gasteiger partial charge is 0.325 e. The average molecular weight is 366 g/mol. The molecule has 7 heteroatoms. The fraction of sp³-hybridized carbons (Fsp3) is 0.300. The molecule has 0 spiro atoms. The van der Waals surface area contributed by atoms with Crippen LogP contribution in [-0.2, 0) is 4.79 Å². The van der Waals surface area contributed by atoms with Crippen LogP contribution in [-0.4, -0.2) is 59.2 Å². The molecule has 140 valence electrons. The molecule has 1 saturated heterocycles. The van der Waals surface area contributed by atoms with Crippen molar-refractivity contribution in [1.29, 1.82) is 0 Å². The zero-order valence-corrected chi connectivity index (χ0v) is 15.1. The largest absolute Gasteiger partial charge is 0.497 e. The van der Waals surface area contributed by atoms with Crippen molar-refractivity contribution in [2.75, 3.05) is 38.2 Å². The molecule has 1 aliphatic heterocycles. The van der Waals surface area contributed by atoms with Gasteiger partial charge in [0, 0.05) is 55.0 Å². The number of anilines is 1. The number of carboxylic acid groups (broad SMARTS) is 1. The van der Waals surface area contributed by atoms with Crippen LogP contribution < -0.4 is 9.64 Å². The molecule has 0 radical (unpaired) electrons. The van der Waals surface area contributed by atoms with Crippen LogP contribution in [0.4, 0.5) is 5.82 Å². The van der Waals surface area contributed by atoms with Crippen molar-refractivity contribution in [3.8, 4) is 5.75 Å². The van der Waals surface area contributed by atoms with Crippen LogP contribution in [0, 0.1) is 0 Å². The molecule has 4 rings (SSSR count). The van der Waals surface area contributed by atoms with Gasteiger partial charge in [-0.1, -0.05) is 6.07 Å². The lowest BCUT2D eigenvalue weighted by Crippen LogP contribution is -2.49. The lowest BCUT2D eigenvalue weighted by atomic mass is 10.0. The first-order chi connectivity index (χ1) is 13.2. The molecule has 3 heterocycles. The van der Waals surface area contributed by atoms with Gasteiger partial charge in [-0.3, -0.25) is 9.69 Å². The predicted molar refractivity (Wildman–Crippen MR) is 103 cm³/mol. The molecule has 2 N–H and O–H groups in total. The van der Waals surface area contributed by atoms with E-state index in [1.807, 2.05) is 41.3 Å². The minimum Gasteiger partial charge on any atom is -0.497 e. The summed E-state index contributed by atoms with van der Waals surface area (Å²) in [7, 11) is 1.61. The lowest BCUT2D eigenvalue weighted by Gasteiger charge is -2.38. The molecule has 0 aliphatic carbocycles. The van der Waals surface area contributed by atoms with Gasteiger partial charge >= 0.3 is 5.97 Å². The van der Waals surface area contributed by atoms with Crippen LogP contribution >= 0.6 is 0 Å². The highest BCUT2D eigenvalue weighted by molar-refractivity contribution is 5.90. The first-order valence-corrected chi connectivity index (χ1v) is 8.95. The molecule has 1 atom stereocenters. The molecular formula is C20H22N4O3. The Morgan fingerprint density at radius 1 is 1.22 bits per heavy atom. The Hall–Kier alpha value is -3.06. The molecule has 1 aliphatic rings. The van der Waals surface area contributed by atoms with Crippen molar-refractivity contribution in [1.82, 2.24) is 14.9 Å². The molecule has 1 aromatic carbocycles. The maximum atomic E-state index is 12.1. The number of nitrogens with zero attached hydrogens (tertiary/aromatic N) is 3. The highest BCUT2D eigenvalue weighted by Crippen LogP contribution is 2.32.